The minimum atomic E-state index is -0.711. The Morgan fingerprint density at radius 1 is 0.654 bits per heavy atom. The lowest BCUT2D eigenvalue weighted by Gasteiger charge is -2.11. The molecule has 3 rings (SSSR count). The number of hydrogen-bond acceptors (Lipinski definition) is 3. The van der Waals surface area contributed by atoms with Crippen LogP contribution in [-0.4, -0.2) is 27.1 Å². The highest BCUT2D eigenvalue weighted by molar-refractivity contribution is 7.72. The first-order valence-electron chi connectivity index (χ1n) is 8.31. The van der Waals surface area contributed by atoms with Crippen molar-refractivity contribution in [2.24, 2.45) is 0 Å². The number of benzene rings is 3. The molecular weight excluding hydrogens is 343 g/mol. The van der Waals surface area contributed by atoms with Crippen LogP contribution in [0.2, 0.25) is 0 Å². The Labute approximate surface area is 155 Å². The topological polar surface area (TPSA) is 27.7 Å². The van der Waals surface area contributed by atoms with E-state index in [0.29, 0.717) is 5.75 Å². The Bertz CT molecular complexity index is 823. The van der Waals surface area contributed by atoms with E-state index in [2.05, 4.69) is 54.3 Å². The van der Waals surface area contributed by atoms with Gasteiger partial charge in [0.1, 0.15) is 28.6 Å². The molecule has 0 saturated carbocycles. The molecule has 0 atom stereocenters. The van der Waals surface area contributed by atoms with Gasteiger partial charge in [0, 0.05) is 12.1 Å². The van der Waals surface area contributed by atoms with Gasteiger partial charge in [-0.25, -0.2) is 0 Å². The van der Waals surface area contributed by atoms with Crippen LogP contribution in [0.25, 0.3) is 0 Å². The van der Waals surface area contributed by atoms with Gasteiger partial charge in [0.2, 0.25) is 0 Å². The van der Waals surface area contributed by atoms with Crippen LogP contribution in [0.15, 0.2) is 72.8 Å². The van der Waals surface area contributed by atoms with Gasteiger partial charge in [-0.15, -0.1) is 0 Å². The van der Waals surface area contributed by atoms with Gasteiger partial charge in [0.05, 0.1) is 21.3 Å². The molecule has 3 aromatic carbocycles. The fourth-order valence-corrected chi connectivity index (χ4v) is 4.86. The Hall–Kier alpha value is -2.77. The van der Waals surface area contributed by atoms with Crippen LogP contribution < -0.4 is 24.8 Å². The summed E-state index contributed by atoms with van der Waals surface area (Å²) in [6.45, 7) is 0. The van der Waals surface area contributed by atoms with Crippen LogP contribution in [0.4, 0.5) is 0 Å². The van der Waals surface area contributed by atoms with Crippen molar-refractivity contribution in [3.8, 4) is 17.2 Å². The molecular formula is C22H22O3P+. The van der Waals surface area contributed by atoms with E-state index in [1.54, 1.807) is 21.3 Å². The zero-order valence-corrected chi connectivity index (χ0v) is 16.1. The van der Waals surface area contributed by atoms with E-state index in [0.717, 1.165) is 17.1 Å². The third kappa shape index (κ3) is 3.89. The highest BCUT2D eigenvalue weighted by Gasteiger charge is 2.22. The number of rotatable bonds is 6. The largest absolute Gasteiger partial charge is 0.496 e. The maximum absolute atomic E-state index is 5.62. The van der Waals surface area contributed by atoms with Crippen molar-refractivity contribution < 1.29 is 14.2 Å². The maximum Gasteiger partial charge on any atom is 0.170 e. The van der Waals surface area contributed by atoms with Gasteiger partial charge in [0.25, 0.3) is 0 Å². The summed E-state index contributed by atoms with van der Waals surface area (Å²) in [6.07, 6.45) is 0. The second-order valence-corrected chi connectivity index (χ2v) is 7.65. The first kappa shape index (κ1) is 18.0. The minimum Gasteiger partial charge on any atom is -0.496 e. The van der Waals surface area contributed by atoms with Crippen molar-refractivity contribution in [2.75, 3.05) is 21.3 Å². The van der Waals surface area contributed by atoms with Crippen LogP contribution in [0.1, 0.15) is 5.56 Å². The molecule has 0 amide bonds. The van der Waals surface area contributed by atoms with E-state index < -0.39 is 7.55 Å². The van der Waals surface area contributed by atoms with E-state index in [9.17, 15) is 0 Å². The molecule has 0 fully saturated rings. The van der Waals surface area contributed by atoms with Crippen LogP contribution in [0.5, 0.6) is 17.2 Å². The zero-order chi connectivity index (χ0) is 18.4. The van der Waals surface area contributed by atoms with Crippen molar-refractivity contribution in [3.63, 3.8) is 0 Å². The first-order valence-corrected chi connectivity index (χ1v) is 9.72. The van der Waals surface area contributed by atoms with Crippen LogP contribution in [0, 0.1) is 0 Å². The van der Waals surface area contributed by atoms with Gasteiger partial charge in [-0.1, -0.05) is 36.4 Å². The van der Waals surface area contributed by atoms with Crippen LogP contribution in [0.3, 0.4) is 0 Å². The average Bonchev–Trinajstić information content (AvgIpc) is 2.72. The Morgan fingerprint density at radius 2 is 1.12 bits per heavy atom. The molecule has 0 radical (unpaired) electrons. The van der Waals surface area contributed by atoms with E-state index in [4.69, 9.17) is 14.2 Å². The highest BCUT2D eigenvalue weighted by Crippen LogP contribution is 2.35. The second kappa shape index (κ2) is 8.55. The molecule has 0 spiro atoms. The molecule has 3 aromatic rings. The van der Waals surface area contributed by atoms with Crippen LogP contribution >= 0.6 is 7.55 Å². The van der Waals surface area contributed by atoms with Crippen molar-refractivity contribution in [2.45, 2.75) is 0 Å². The molecule has 0 aromatic heterocycles. The van der Waals surface area contributed by atoms with Gasteiger partial charge < -0.3 is 14.2 Å². The number of hydrogen-bond donors (Lipinski definition) is 0. The summed E-state index contributed by atoms with van der Waals surface area (Å²) in [4.78, 5) is 0. The lowest BCUT2D eigenvalue weighted by molar-refractivity contribution is 0.374. The van der Waals surface area contributed by atoms with E-state index in [1.807, 2.05) is 24.3 Å². The molecule has 0 aliphatic rings. The molecule has 132 valence electrons. The highest BCUT2D eigenvalue weighted by atomic mass is 31.1. The van der Waals surface area contributed by atoms with Crippen molar-refractivity contribution >= 4 is 24.0 Å². The fraction of sp³-hybridized carbons (Fsp3) is 0.136. The lowest BCUT2D eigenvalue weighted by atomic mass is 10.2. The number of ether oxygens (including phenoxy) is 3. The van der Waals surface area contributed by atoms with Crippen molar-refractivity contribution in [1.29, 1.82) is 0 Å². The fourth-order valence-electron chi connectivity index (χ4n) is 2.76. The smallest absolute Gasteiger partial charge is 0.170 e. The third-order valence-electron chi connectivity index (χ3n) is 4.08. The molecule has 26 heavy (non-hydrogen) atoms. The molecule has 0 unspecified atom stereocenters. The van der Waals surface area contributed by atoms with Crippen molar-refractivity contribution in [1.82, 2.24) is 0 Å². The Kier molecular flexibility index (Phi) is 5.93. The summed E-state index contributed by atoms with van der Waals surface area (Å²) in [5.74, 6) is 4.43. The first-order chi connectivity index (χ1) is 12.8. The Balaban J connectivity index is 2.24. The summed E-state index contributed by atoms with van der Waals surface area (Å²) < 4.78 is 16.6. The Morgan fingerprint density at radius 3 is 1.50 bits per heavy atom. The SMILES string of the molecule is COc1cc(OC)c(C=[P+](c2ccccc2)c2ccccc2)c(OC)c1. The molecule has 0 N–H and O–H groups in total. The lowest BCUT2D eigenvalue weighted by Crippen LogP contribution is -2.09. The standard InChI is InChI=1S/C22H22O3P/c1-23-17-14-21(24-2)20(22(15-17)25-3)16-26(18-10-6-4-7-11-18)19-12-8-5-9-13-19/h4-16H,1-3H3/q+1. The predicted molar refractivity (Wildman–Crippen MR) is 110 cm³/mol. The monoisotopic (exact) mass is 365 g/mol. The van der Waals surface area contributed by atoms with Crippen molar-refractivity contribution in [3.05, 3.63) is 78.4 Å². The molecule has 0 bridgehead atoms. The molecule has 0 aliphatic carbocycles. The molecule has 0 heterocycles. The summed E-state index contributed by atoms with van der Waals surface area (Å²) in [7, 11) is 4.26. The normalized spacial score (nSPS) is 10.1. The van der Waals surface area contributed by atoms with Gasteiger partial charge in [-0.2, -0.15) is 0 Å². The van der Waals surface area contributed by atoms with Gasteiger partial charge in [0.15, 0.2) is 18.2 Å². The molecule has 0 saturated heterocycles. The summed E-state index contributed by atoms with van der Waals surface area (Å²) in [6, 6.07) is 24.8. The summed E-state index contributed by atoms with van der Waals surface area (Å²) in [5.41, 5.74) is 0.939. The molecule has 4 heteroatoms. The molecule has 3 nitrogen and oxygen atoms in total. The second-order valence-electron chi connectivity index (χ2n) is 5.62. The summed E-state index contributed by atoms with van der Waals surface area (Å²) in [5, 5.41) is 2.54. The molecule has 0 aliphatic heterocycles. The van der Waals surface area contributed by atoms with Gasteiger partial charge in [-0.05, 0) is 24.3 Å². The van der Waals surface area contributed by atoms with Crippen LogP contribution in [-0.2, 0) is 0 Å². The third-order valence-corrected chi connectivity index (χ3v) is 6.31. The zero-order valence-electron chi connectivity index (χ0n) is 15.2. The minimum absolute atomic E-state index is 0.708. The van der Waals surface area contributed by atoms with Gasteiger partial charge in [-0.3, -0.25) is 0 Å². The summed E-state index contributed by atoms with van der Waals surface area (Å²) >= 11 is 0. The maximum atomic E-state index is 5.62. The van der Waals surface area contributed by atoms with E-state index in [-0.39, 0.29) is 0 Å². The quantitative estimate of drug-likeness (QED) is 0.618. The van der Waals surface area contributed by atoms with E-state index >= 15 is 0 Å². The van der Waals surface area contributed by atoms with Gasteiger partial charge >= 0.3 is 0 Å². The predicted octanol–water partition coefficient (Wildman–Crippen LogP) is 4.00. The van der Waals surface area contributed by atoms with E-state index in [1.165, 1.54) is 10.6 Å². The number of methoxy groups -OCH3 is 3. The average molecular weight is 365 g/mol.